The molecule has 0 heterocycles. The number of hydrogen-bond acceptors (Lipinski definition) is 1. The predicted molar refractivity (Wildman–Crippen MR) is 49.9 cm³/mol. The molecule has 1 aromatic carbocycles. The number of benzene rings is 1. The molecular formula is C11H15O. The molecule has 1 aromatic rings. The summed E-state index contributed by atoms with van der Waals surface area (Å²) in [5.41, 5.74) is 2.50. The summed E-state index contributed by atoms with van der Waals surface area (Å²) in [5, 5.41) is 0. The molecule has 0 aliphatic heterocycles. The Labute approximate surface area is 74.4 Å². The van der Waals surface area contributed by atoms with Gasteiger partial charge in [0.25, 0.3) is 0 Å². The van der Waals surface area contributed by atoms with Crippen molar-refractivity contribution in [2.24, 2.45) is 0 Å². The van der Waals surface area contributed by atoms with Gasteiger partial charge < -0.3 is 4.74 Å². The first-order chi connectivity index (χ1) is 5.70. The fourth-order valence-electron chi connectivity index (χ4n) is 0.964. The maximum atomic E-state index is 5.49. The normalized spacial score (nSPS) is 10.7. The Morgan fingerprint density at radius 3 is 2.83 bits per heavy atom. The molecule has 12 heavy (non-hydrogen) atoms. The molecule has 0 N–H and O–H groups in total. The first-order valence-electron chi connectivity index (χ1n) is 4.27. The summed E-state index contributed by atoms with van der Waals surface area (Å²) in [6.45, 7) is 6.88. The third-order valence-electron chi connectivity index (χ3n) is 1.76. The van der Waals surface area contributed by atoms with Gasteiger partial charge in [0.2, 0.25) is 0 Å². The summed E-state index contributed by atoms with van der Waals surface area (Å²) < 4.78 is 5.49. The Hall–Kier alpha value is -0.820. The lowest BCUT2D eigenvalue weighted by Crippen LogP contribution is -2.03. The third-order valence-corrected chi connectivity index (χ3v) is 1.76. The lowest BCUT2D eigenvalue weighted by Gasteiger charge is -2.08. The Morgan fingerprint density at radius 2 is 2.25 bits per heavy atom. The molecule has 1 rings (SSSR count). The van der Waals surface area contributed by atoms with Crippen LogP contribution in [0, 0.1) is 13.0 Å². The van der Waals surface area contributed by atoms with E-state index in [9.17, 15) is 0 Å². The van der Waals surface area contributed by atoms with Crippen LogP contribution in [0.15, 0.2) is 18.2 Å². The van der Waals surface area contributed by atoms with E-state index < -0.39 is 0 Å². The lowest BCUT2D eigenvalue weighted by molar-refractivity contribution is 0.0654. The van der Waals surface area contributed by atoms with Gasteiger partial charge in [-0.25, -0.2) is 0 Å². The van der Waals surface area contributed by atoms with Crippen molar-refractivity contribution in [3.63, 3.8) is 0 Å². The zero-order valence-electron chi connectivity index (χ0n) is 7.92. The smallest absolute Gasteiger partial charge is 0.0722 e. The van der Waals surface area contributed by atoms with Gasteiger partial charge in [0.1, 0.15) is 0 Å². The zero-order chi connectivity index (χ0) is 8.97. The van der Waals surface area contributed by atoms with E-state index in [0.717, 1.165) is 0 Å². The quantitative estimate of drug-likeness (QED) is 0.665. The van der Waals surface area contributed by atoms with Crippen molar-refractivity contribution in [3.8, 4) is 0 Å². The topological polar surface area (TPSA) is 9.23 Å². The molecule has 0 unspecified atom stereocenters. The summed E-state index contributed by atoms with van der Waals surface area (Å²) in [4.78, 5) is 0. The Bertz CT molecular complexity index is 241. The minimum atomic E-state index is 0.300. The maximum Gasteiger partial charge on any atom is 0.0722 e. The van der Waals surface area contributed by atoms with E-state index in [-0.39, 0.29) is 0 Å². The van der Waals surface area contributed by atoms with E-state index in [1.807, 2.05) is 26.0 Å². The van der Waals surface area contributed by atoms with Crippen molar-refractivity contribution in [3.05, 3.63) is 35.4 Å². The fourth-order valence-corrected chi connectivity index (χ4v) is 0.964. The summed E-state index contributed by atoms with van der Waals surface area (Å²) in [5.74, 6) is 0. The van der Waals surface area contributed by atoms with Gasteiger partial charge in [-0.05, 0) is 38.0 Å². The maximum absolute atomic E-state index is 5.49. The van der Waals surface area contributed by atoms with Gasteiger partial charge in [-0.2, -0.15) is 0 Å². The van der Waals surface area contributed by atoms with E-state index in [4.69, 9.17) is 4.74 Å². The van der Waals surface area contributed by atoms with Crippen LogP contribution in [0.2, 0.25) is 0 Å². The van der Waals surface area contributed by atoms with Gasteiger partial charge in [0, 0.05) is 0 Å². The van der Waals surface area contributed by atoms with Crippen LogP contribution in [0.4, 0.5) is 0 Å². The third kappa shape index (κ3) is 2.67. The first-order valence-corrected chi connectivity index (χ1v) is 4.27. The highest BCUT2D eigenvalue weighted by Gasteiger charge is 1.98. The molecule has 1 heteroatoms. The summed E-state index contributed by atoms with van der Waals surface area (Å²) in [6.07, 6.45) is 0.300. The van der Waals surface area contributed by atoms with E-state index in [1.165, 1.54) is 11.1 Å². The van der Waals surface area contributed by atoms with Crippen molar-refractivity contribution >= 4 is 0 Å². The van der Waals surface area contributed by atoms with Crippen LogP contribution in [0.1, 0.15) is 25.0 Å². The summed E-state index contributed by atoms with van der Waals surface area (Å²) in [7, 11) is 0. The highest BCUT2D eigenvalue weighted by atomic mass is 16.5. The molecule has 0 aromatic heterocycles. The van der Waals surface area contributed by atoms with Crippen LogP contribution in [0.25, 0.3) is 0 Å². The number of rotatable bonds is 3. The van der Waals surface area contributed by atoms with Crippen LogP contribution in [-0.2, 0) is 11.3 Å². The highest BCUT2D eigenvalue weighted by molar-refractivity contribution is 5.23. The standard InChI is InChI=1S/C11H15O/c1-9(2)12-8-11-7-5-4-6-10(11)3/h5-7,9H,8H2,1-3H3. The molecule has 0 saturated heterocycles. The summed E-state index contributed by atoms with van der Waals surface area (Å²) in [6, 6.07) is 8.99. The van der Waals surface area contributed by atoms with Crippen molar-refractivity contribution in [2.75, 3.05) is 0 Å². The van der Waals surface area contributed by atoms with E-state index in [1.54, 1.807) is 0 Å². The van der Waals surface area contributed by atoms with Crippen LogP contribution < -0.4 is 0 Å². The largest absolute Gasteiger partial charge is 0.374 e. The van der Waals surface area contributed by atoms with Crippen molar-refractivity contribution in [1.29, 1.82) is 0 Å². The van der Waals surface area contributed by atoms with Gasteiger partial charge in [-0.1, -0.05) is 18.2 Å². The van der Waals surface area contributed by atoms with E-state index in [2.05, 4.69) is 19.1 Å². The van der Waals surface area contributed by atoms with E-state index >= 15 is 0 Å². The van der Waals surface area contributed by atoms with Crippen LogP contribution in [0.3, 0.4) is 0 Å². The molecule has 0 saturated carbocycles. The molecule has 0 aliphatic rings. The highest BCUT2D eigenvalue weighted by Crippen LogP contribution is 2.08. The molecule has 65 valence electrons. The van der Waals surface area contributed by atoms with Gasteiger partial charge in [0.05, 0.1) is 12.7 Å². The molecule has 1 radical (unpaired) electrons. The molecule has 0 fully saturated rings. The molecule has 0 atom stereocenters. The summed E-state index contributed by atoms with van der Waals surface area (Å²) >= 11 is 0. The molecule has 1 nitrogen and oxygen atoms in total. The number of hydrogen-bond donors (Lipinski definition) is 0. The second kappa shape index (κ2) is 4.27. The van der Waals surface area contributed by atoms with E-state index in [0.29, 0.717) is 12.7 Å². The fraction of sp³-hybridized carbons (Fsp3) is 0.455. The monoisotopic (exact) mass is 163 g/mol. The second-order valence-corrected chi connectivity index (χ2v) is 3.21. The SMILES string of the molecule is Cc1c[c]ccc1COC(C)C. The number of aryl methyl sites for hydroxylation is 1. The second-order valence-electron chi connectivity index (χ2n) is 3.21. The van der Waals surface area contributed by atoms with Gasteiger partial charge in [0.15, 0.2) is 0 Å². The molecular weight excluding hydrogens is 148 g/mol. The number of ether oxygens (including phenoxy) is 1. The van der Waals surface area contributed by atoms with Crippen LogP contribution in [0.5, 0.6) is 0 Å². The van der Waals surface area contributed by atoms with Crippen LogP contribution >= 0.6 is 0 Å². The Balaban J connectivity index is 2.57. The Morgan fingerprint density at radius 1 is 1.50 bits per heavy atom. The average Bonchev–Trinajstić information content (AvgIpc) is 2.03. The average molecular weight is 163 g/mol. The minimum Gasteiger partial charge on any atom is -0.374 e. The van der Waals surface area contributed by atoms with Gasteiger partial charge in [-0.15, -0.1) is 0 Å². The predicted octanol–water partition coefficient (Wildman–Crippen LogP) is 2.72. The lowest BCUT2D eigenvalue weighted by atomic mass is 10.1. The molecule has 0 amide bonds. The first kappa shape index (κ1) is 9.27. The van der Waals surface area contributed by atoms with Gasteiger partial charge in [-0.3, -0.25) is 0 Å². The van der Waals surface area contributed by atoms with Crippen LogP contribution in [-0.4, -0.2) is 6.10 Å². The van der Waals surface area contributed by atoms with Crippen molar-refractivity contribution in [2.45, 2.75) is 33.5 Å². The van der Waals surface area contributed by atoms with Gasteiger partial charge >= 0.3 is 0 Å². The molecule has 0 bridgehead atoms. The van der Waals surface area contributed by atoms with Crippen molar-refractivity contribution in [1.82, 2.24) is 0 Å². The zero-order valence-corrected chi connectivity index (χ0v) is 7.92. The van der Waals surface area contributed by atoms with Crippen molar-refractivity contribution < 1.29 is 4.74 Å². The Kier molecular flexibility index (Phi) is 3.30. The molecule has 0 spiro atoms. The minimum absolute atomic E-state index is 0.300. The molecule has 0 aliphatic carbocycles.